The summed E-state index contributed by atoms with van der Waals surface area (Å²) in [6, 6.07) is 11.2. The summed E-state index contributed by atoms with van der Waals surface area (Å²) < 4.78 is 46.6. The lowest BCUT2D eigenvalue weighted by atomic mass is 10.1. The lowest BCUT2D eigenvalue weighted by Gasteiger charge is -2.30. The topological polar surface area (TPSA) is 105 Å². The van der Waals surface area contributed by atoms with Crippen LogP contribution in [0.2, 0.25) is 0 Å². The largest absolute Gasteiger partial charge is 0.378 e. The highest BCUT2D eigenvalue weighted by Crippen LogP contribution is 2.23. The smallest absolute Gasteiger partial charge is 0.264 e. The minimum atomic E-state index is -4.09. The Kier molecular flexibility index (Phi) is 6.35. The molecule has 2 aliphatic rings. The Morgan fingerprint density at radius 1 is 1.03 bits per heavy atom. The first-order chi connectivity index (χ1) is 16.9. The van der Waals surface area contributed by atoms with Crippen LogP contribution in [0.25, 0.3) is 0 Å². The van der Waals surface area contributed by atoms with E-state index in [1.165, 1.54) is 30.3 Å². The maximum atomic E-state index is 13.9. The van der Waals surface area contributed by atoms with E-state index in [9.17, 15) is 17.6 Å². The van der Waals surface area contributed by atoms with E-state index in [4.69, 9.17) is 9.72 Å². The first-order valence-electron chi connectivity index (χ1n) is 11.2. The van der Waals surface area contributed by atoms with Gasteiger partial charge in [-0.1, -0.05) is 12.1 Å². The average Bonchev–Trinajstić information content (AvgIpc) is 2.88. The standard InChI is InChI=1S/C24H24FN5O4S/c25-20-3-1-2-4-22(20)35(32,33)28-19-7-5-17(6-8-19)23(31)30-10-9-18-15-26-24(27-21(18)16-30)29-11-13-34-14-12-29/h1-8,15,28H,9-14,16H2. The van der Waals surface area contributed by atoms with Crippen LogP contribution in [-0.2, 0) is 27.7 Å². The summed E-state index contributed by atoms with van der Waals surface area (Å²) in [5.74, 6) is -0.365. The number of nitrogens with one attached hydrogen (secondary N) is 1. The highest BCUT2D eigenvalue weighted by atomic mass is 32.2. The molecule has 0 aliphatic carbocycles. The Balaban J connectivity index is 1.28. The van der Waals surface area contributed by atoms with Crippen LogP contribution >= 0.6 is 0 Å². The Hall–Kier alpha value is -3.57. The van der Waals surface area contributed by atoms with Gasteiger partial charge >= 0.3 is 0 Å². The van der Waals surface area contributed by atoms with Gasteiger partial charge in [-0.05, 0) is 48.4 Å². The molecule has 2 aromatic carbocycles. The molecule has 1 N–H and O–H groups in total. The molecule has 9 nitrogen and oxygen atoms in total. The third kappa shape index (κ3) is 4.96. The maximum Gasteiger partial charge on any atom is 0.264 e. The first-order valence-corrected chi connectivity index (χ1v) is 12.7. The number of carbonyl (C=O) groups is 1. The average molecular weight is 498 g/mol. The van der Waals surface area contributed by atoms with Crippen molar-refractivity contribution < 1.29 is 22.3 Å². The lowest BCUT2D eigenvalue weighted by Crippen LogP contribution is -2.39. The van der Waals surface area contributed by atoms with Gasteiger partial charge in [-0.2, -0.15) is 0 Å². The third-order valence-electron chi connectivity index (χ3n) is 6.02. The zero-order valence-electron chi connectivity index (χ0n) is 18.9. The summed E-state index contributed by atoms with van der Waals surface area (Å²) in [6.07, 6.45) is 2.50. The first kappa shape index (κ1) is 23.2. The van der Waals surface area contributed by atoms with Gasteiger partial charge in [0.05, 0.1) is 25.5 Å². The van der Waals surface area contributed by atoms with E-state index in [1.807, 2.05) is 6.20 Å². The van der Waals surface area contributed by atoms with Crippen molar-refractivity contribution in [3.05, 3.63) is 77.4 Å². The molecule has 1 amide bonds. The van der Waals surface area contributed by atoms with Crippen molar-refractivity contribution >= 4 is 27.6 Å². The van der Waals surface area contributed by atoms with Crippen LogP contribution in [0.5, 0.6) is 0 Å². The number of fused-ring (bicyclic) bond motifs is 1. The SMILES string of the molecule is O=C(c1ccc(NS(=O)(=O)c2ccccc2F)cc1)N1CCc2cnc(N3CCOCC3)nc2C1. The number of sulfonamides is 1. The van der Waals surface area contributed by atoms with Crippen molar-refractivity contribution in [3.63, 3.8) is 0 Å². The minimum absolute atomic E-state index is 0.175. The number of hydrogen-bond donors (Lipinski definition) is 1. The number of hydrogen-bond acceptors (Lipinski definition) is 7. The predicted molar refractivity (Wildman–Crippen MR) is 127 cm³/mol. The number of anilines is 2. The monoisotopic (exact) mass is 497 g/mol. The van der Waals surface area contributed by atoms with Crippen molar-refractivity contribution in [2.75, 3.05) is 42.5 Å². The van der Waals surface area contributed by atoms with Gasteiger partial charge < -0.3 is 14.5 Å². The zero-order valence-corrected chi connectivity index (χ0v) is 19.7. The van der Waals surface area contributed by atoms with E-state index in [0.29, 0.717) is 44.2 Å². The molecule has 1 fully saturated rings. The quantitative estimate of drug-likeness (QED) is 0.577. The van der Waals surface area contributed by atoms with Crippen LogP contribution in [0.15, 0.2) is 59.6 Å². The second kappa shape index (κ2) is 9.59. The zero-order chi connectivity index (χ0) is 24.4. The van der Waals surface area contributed by atoms with Crippen LogP contribution in [-0.4, -0.2) is 62.0 Å². The Morgan fingerprint density at radius 3 is 2.51 bits per heavy atom. The number of halogens is 1. The summed E-state index contributed by atoms with van der Waals surface area (Å²) in [4.78, 5) is 25.7. The van der Waals surface area contributed by atoms with E-state index in [2.05, 4.69) is 14.6 Å². The molecule has 3 aromatic rings. The molecule has 35 heavy (non-hydrogen) atoms. The third-order valence-corrected chi connectivity index (χ3v) is 7.44. The van der Waals surface area contributed by atoms with Gasteiger partial charge in [0.2, 0.25) is 5.95 Å². The fourth-order valence-electron chi connectivity index (χ4n) is 4.12. The molecule has 0 bridgehead atoms. The number of benzene rings is 2. The molecule has 0 saturated carbocycles. The number of nitrogens with zero attached hydrogens (tertiary/aromatic N) is 4. The molecular formula is C24H24FN5O4S. The molecule has 0 unspecified atom stereocenters. The van der Waals surface area contributed by atoms with Gasteiger partial charge in [0, 0.05) is 37.1 Å². The van der Waals surface area contributed by atoms with Crippen molar-refractivity contribution in [1.29, 1.82) is 0 Å². The van der Waals surface area contributed by atoms with Crippen molar-refractivity contribution in [3.8, 4) is 0 Å². The van der Waals surface area contributed by atoms with E-state index >= 15 is 0 Å². The van der Waals surface area contributed by atoms with E-state index in [0.717, 1.165) is 30.4 Å². The van der Waals surface area contributed by atoms with Gasteiger partial charge in [0.15, 0.2) is 0 Å². The van der Waals surface area contributed by atoms with Gasteiger partial charge in [0.1, 0.15) is 10.7 Å². The molecule has 1 aromatic heterocycles. The van der Waals surface area contributed by atoms with Crippen molar-refractivity contribution in [2.24, 2.45) is 0 Å². The molecule has 3 heterocycles. The fourth-order valence-corrected chi connectivity index (χ4v) is 5.26. The van der Waals surface area contributed by atoms with Gasteiger partial charge in [0.25, 0.3) is 15.9 Å². The van der Waals surface area contributed by atoms with E-state index in [-0.39, 0.29) is 11.6 Å². The molecule has 1 saturated heterocycles. The molecule has 5 rings (SSSR count). The molecule has 11 heteroatoms. The molecule has 0 spiro atoms. The Morgan fingerprint density at radius 2 is 1.77 bits per heavy atom. The Bertz CT molecular complexity index is 1340. The number of carbonyl (C=O) groups excluding carboxylic acids is 1. The lowest BCUT2D eigenvalue weighted by molar-refractivity contribution is 0.0731. The molecule has 0 radical (unpaired) electrons. The highest BCUT2D eigenvalue weighted by molar-refractivity contribution is 7.92. The number of amides is 1. The van der Waals surface area contributed by atoms with Crippen LogP contribution in [0.4, 0.5) is 16.0 Å². The summed E-state index contributed by atoms with van der Waals surface area (Å²) in [5, 5.41) is 0. The van der Waals surface area contributed by atoms with E-state index in [1.54, 1.807) is 17.0 Å². The highest BCUT2D eigenvalue weighted by Gasteiger charge is 2.25. The minimum Gasteiger partial charge on any atom is -0.378 e. The molecule has 182 valence electrons. The van der Waals surface area contributed by atoms with Crippen LogP contribution in [0, 0.1) is 5.82 Å². The van der Waals surface area contributed by atoms with Gasteiger partial charge in [-0.25, -0.2) is 22.8 Å². The normalized spacial score (nSPS) is 16.0. The maximum absolute atomic E-state index is 13.9. The van der Waals surface area contributed by atoms with Crippen molar-refractivity contribution in [2.45, 2.75) is 17.9 Å². The predicted octanol–water partition coefficient (Wildman–Crippen LogP) is 2.45. The number of rotatable bonds is 5. The number of aromatic nitrogens is 2. The summed E-state index contributed by atoms with van der Waals surface area (Å²) in [7, 11) is -4.09. The summed E-state index contributed by atoms with van der Waals surface area (Å²) >= 11 is 0. The Labute approximate surface area is 202 Å². The van der Waals surface area contributed by atoms with Crippen LogP contribution in [0.3, 0.4) is 0 Å². The fraction of sp³-hybridized carbons (Fsp3) is 0.292. The van der Waals surface area contributed by atoms with Crippen molar-refractivity contribution in [1.82, 2.24) is 14.9 Å². The second-order valence-electron chi connectivity index (χ2n) is 8.33. The number of morpholine rings is 1. The molecule has 2 aliphatic heterocycles. The number of ether oxygens (including phenoxy) is 1. The molecule has 0 atom stereocenters. The summed E-state index contributed by atoms with van der Waals surface area (Å²) in [6.45, 7) is 3.64. The van der Waals surface area contributed by atoms with Crippen LogP contribution < -0.4 is 9.62 Å². The van der Waals surface area contributed by atoms with E-state index < -0.39 is 20.7 Å². The van der Waals surface area contributed by atoms with Crippen LogP contribution in [0.1, 0.15) is 21.6 Å². The second-order valence-corrected chi connectivity index (χ2v) is 9.98. The summed E-state index contributed by atoms with van der Waals surface area (Å²) in [5.41, 5.74) is 2.51. The molecular weight excluding hydrogens is 473 g/mol. The van der Waals surface area contributed by atoms with Gasteiger partial charge in [-0.3, -0.25) is 9.52 Å². The van der Waals surface area contributed by atoms with Gasteiger partial charge in [-0.15, -0.1) is 0 Å².